The van der Waals surface area contributed by atoms with E-state index in [1.54, 1.807) is 0 Å². The molecule has 0 spiro atoms. The topological polar surface area (TPSA) is 20.3 Å². The first kappa shape index (κ1) is 12.5. The second kappa shape index (κ2) is 6.01. The predicted octanol–water partition coefficient (Wildman–Crippen LogP) is 2.54. The van der Waals surface area contributed by atoms with Crippen LogP contribution in [0.3, 0.4) is 0 Å². The molecule has 0 saturated heterocycles. The standard InChI is InChI=1S/C11H23NO/c1-6-12(7-2)11(13)10(5)8-9(3)4/h9-10H,6-8H2,1-5H3. The van der Waals surface area contributed by atoms with Gasteiger partial charge in [0.2, 0.25) is 5.91 Å². The first-order valence-corrected chi connectivity index (χ1v) is 5.31. The second-order valence-electron chi connectivity index (χ2n) is 4.04. The summed E-state index contributed by atoms with van der Waals surface area (Å²) in [5.41, 5.74) is 0. The molecule has 2 nitrogen and oxygen atoms in total. The quantitative estimate of drug-likeness (QED) is 0.644. The molecule has 13 heavy (non-hydrogen) atoms. The van der Waals surface area contributed by atoms with Crippen molar-refractivity contribution in [2.24, 2.45) is 11.8 Å². The van der Waals surface area contributed by atoms with Crippen LogP contribution in [0, 0.1) is 11.8 Å². The molecular weight excluding hydrogens is 162 g/mol. The zero-order valence-corrected chi connectivity index (χ0v) is 9.63. The summed E-state index contributed by atoms with van der Waals surface area (Å²) < 4.78 is 0. The molecule has 0 saturated carbocycles. The summed E-state index contributed by atoms with van der Waals surface area (Å²) in [5, 5.41) is 0. The van der Waals surface area contributed by atoms with E-state index in [9.17, 15) is 4.79 Å². The fourth-order valence-electron chi connectivity index (χ4n) is 1.65. The van der Waals surface area contributed by atoms with Crippen LogP contribution in [-0.2, 0) is 4.79 Å². The monoisotopic (exact) mass is 185 g/mol. The summed E-state index contributed by atoms with van der Waals surface area (Å²) in [6.07, 6.45) is 0.995. The Morgan fingerprint density at radius 2 is 1.62 bits per heavy atom. The van der Waals surface area contributed by atoms with E-state index in [1.165, 1.54) is 0 Å². The summed E-state index contributed by atoms with van der Waals surface area (Å²) >= 11 is 0. The van der Waals surface area contributed by atoms with Gasteiger partial charge in [-0.1, -0.05) is 20.8 Å². The number of hydrogen-bond donors (Lipinski definition) is 0. The Labute approximate surface area is 82.3 Å². The van der Waals surface area contributed by atoms with Crippen LogP contribution >= 0.6 is 0 Å². The lowest BCUT2D eigenvalue weighted by Crippen LogP contribution is -2.35. The Morgan fingerprint density at radius 1 is 1.15 bits per heavy atom. The van der Waals surface area contributed by atoms with Gasteiger partial charge in [0.15, 0.2) is 0 Å². The summed E-state index contributed by atoms with van der Waals surface area (Å²) in [6, 6.07) is 0. The maximum Gasteiger partial charge on any atom is 0.225 e. The van der Waals surface area contributed by atoms with E-state index in [2.05, 4.69) is 13.8 Å². The van der Waals surface area contributed by atoms with Gasteiger partial charge in [-0.15, -0.1) is 0 Å². The minimum Gasteiger partial charge on any atom is -0.343 e. The molecule has 0 heterocycles. The number of amides is 1. The third kappa shape index (κ3) is 4.30. The molecule has 0 fully saturated rings. The van der Waals surface area contributed by atoms with Crippen molar-refractivity contribution in [1.82, 2.24) is 4.90 Å². The maximum absolute atomic E-state index is 11.8. The van der Waals surface area contributed by atoms with Crippen LogP contribution in [-0.4, -0.2) is 23.9 Å². The van der Waals surface area contributed by atoms with Crippen LogP contribution < -0.4 is 0 Å². The first-order valence-electron chi connectivity index (χ1n) is 5.31. The van der Waals surface area contributed by atoms with Gasteiger partial charge in [-0.05, 0) is 26.2 Å². The molecular formula is C11H23NO. The van der Waals surface area contributed by atoms with E-state index in [-0.39, 0.29) is 5.92 Å². The Balaban J connectivity index is 4.07. The van der Waals surface area contributed by atoms with Gasteiger partial charge < -0.3 is 4.90 Å². The fraction of sp³-hybridized carbons (Fsp3) is 0.909. The van der Waals surface area contributed by atoms with Gasteiger partial charge in [-0.3, -0.25) is 4.79 Å². The van der Waals surface area contributed by atoms with Crippen molar-refractivity contribution in [1.29, 1.82) is 0 Å². The van der Waals surface area contributed by atoms with Crippen molar-refractivity contribution in [3.63, 3.8) is 0 Å². The van der Waals surface area contributed by atoms with E-state index >= 15 is 0 Å². The van der Waals surface area contributed by atoms with Crippen LogP contribution in [0.25, 0.3) is 0 Å². The van der Waals surface area contributed by atoms with Crippen molar-refractivity contribution in [2.45, 2.75) is 41.0 Å². The van der Waals surface area contributed by atoms with Gasteiger partial charge in [0.1, 0.15) is 0 Å². The highest BCUT2D eigenvalue weighted by atomic mass is 16.2. The van der Waals surface area contributed by atoms with Crippen molar-refractivity contribution in [2.75, 3.05) is 13.1 Å². The number of nitrogens with zero attached hydrogens (tertiary/aromatic N) is 1. The van der Waals surface area contributed by atoms with Crippen LogP contribution in [0.15, 0.2) is 0 Å². The molecule has 0 radical (unpaired) electrons. The SMILES string of the molecule is CCN(CC)C(=O)C(C)CC(C)C. The van der Waals surface area contributed by atoms with Crippen LogP contribution in [0.5, 0.6) is 0 Å². The molecule has 1 atom stereocenters. The molecule has 1 unspecified atom stereocenters. The Hall–Kier alpha value is -0.530. The Morgan fingerprint density at radius 3 is 1.92 bits per heavy atom. The summed E-state index contributed by atoms with van der Waals surface area (Å²) in [6.45, 7) is 12.1. The molecule has 0 aliphatic carbocycles. The van der Waals surface area contributed by atoms with Gasteiger partial charge in [0.25, 0.3) is 0 Å². The van der Waals surface area contributed by atoms with E-state index in [1.807, 2.05) is 25.7 Å². The normalized spacial score (nSPS) is 13.1. The van der Waals surface area contributed by atoms with Crippen molar-refractivity contribution in [3.05, 3.63) is 0 Å². The molecule has 0 aromatic heterocycles. The summed E-state index contributed by atoms with van der Waals surface area (Å²) in [7, 11) is 0. The highest BCUT2D eigenvalue weighted by molar-refractivity contribution is 5.78. The molecule has 0 aromatic rings. The van der Waals surface area contributed by atoms with Gasteiger partial charge in [0.05, 0.1) is 0 Å². The predicted molar refractivity (Wildman–Crippen MR) is 56.5 cm³/mol. The number of carbonyl (C=O) groups excluding carboxylic acids is 1. The largest absolute Gasteiger partial charge is 0.343 e. The van der Waals surface area contributed by atoms with Crippen molar-refractivity contribution < 1.29 is 4.79 Å². The highest BCUT2D eigenvalue weighted by Crippen LogP contribution is 2.13. The van der Waals surface area contributed by atoms with E-state index in [4.69, 9.17) is 0 Å². The van der Waals surface area contributed by atoms with Crippen LogP contribution in [0.1, 0.15) is 41.0 Å². The minimum atomic E-state index is 0.180. The van der Waals surface area contributed by atoms with E-state index in [0.29, 0.717) is 11.8 Å². The van der Waals surface area contributed by atoms with E-state index < -0.39 is 0 Å². The van der Waals surface area contributed by atoms with Gasteiger partial charge in [0, 0.05) is 19.0 Å². The summed E-state index contributed by atoms with van der Waals surface area (Å²) in [4.78, 5) is 13.7. The molecule has 0 rings (SSSR count). The third-order valence-electron chi connectivity index (χ3n) is 2.32. The molecule has 78 valence electrons. The lowest BCUT2D eigenvalue weighted by Gasteiger charge is -2.23. The molecule has 0 bridgehead atoms. The number of carbonyl (C=O) groups is 1. The van der Waals surface area contributed by atoms with E-state index in [0.717, 1.165) is 19.5 Å². The fourth-order valence-corrected chi connectivity index (χ4v) is 1.65. The van der Waals surface area contributed by atoms with Crippen LogP contribution in [0.4, 0.5) is 0 Å². The van der Waals surface area contributed by atoms with Crippen molar-refractivity contribution in [3.8, 4) is 0 Å². The molecule has 0 aromatic carbocycles. The smallest absolute Gasteiger partial charge is 0.225 e. The van der Waals surface area contributed by atoms with Gasteiger partial charge in [-0.25, -0.2) is 0 Å². The number of hydrogen-bond acceptors (Lipinski definition) is 1. The third-order valence-corrected chi connectivity index (χ3v) is 2.32. The molecule has 2 heteroatoms. The first-order chi connectivity index (χ1) is 6.02. The average Bonchev–Trinajstić information content (AvgIpc) is 2.05. The maximum atomic E-state index is 11.8. The minimum absolute atomic E-state index is 0.180. The van der Waals surface area contributed by atoms with Crippen molar-refractivity contribution >= 4 is 5.91 Å². The molecule has 0 aliphatic rings. The molecule has 0 N–H and O–H groups in total. The Bertz CT molecular complexity index is 150. The Kier molecular flexibility index (Phi) is 5.76. The molecule has 0 aliphatic heterocycles. The second-order valence-corrected chi connectivity index (χ2v) is 4.04. The van der Waals surface area contributed by atoms with Gasteiger partial charge >= 0.3 is 0 Å². The highest BCUT2D eigenvalue weighted by Gasteiger charge is 2.18. The summed E-state index contributed by atoms with van der Waals surface area (Å²) in [5.74, 6) is 1.09. The lowest BCUT2D eigenvalue weighted by molar-refractivity contribution is -0.135. The average molecular weight is 185 g/mol. The zero-order chi connectivity index (χ0) is 10.4. The van der Waals surface area contributed by atoms with Crippen LogP contribution in [0.2, 0.25) is 0 Å². The lowest BCUT2D eigenvalue weighted by atomic mass is 9.97. The molecule has 1 amide bonds. The van der Waals surface area contributed by atoms with Gasteiger partial charge in [-0.2, -0.15) is 0 Å². The number of rotatable bonds is 5. The zero-order valence-electron chi connectivity index (χ0n) is 9.63.